The van der Waals surface area contributed by atoms with Gasteiger partial charge in [-0.15, -0.1) is 0 Å². The number of aromatic nitrogens is 1. The van der Waals surface area contributed by atoms with Crippen molar-refractivity contribution in [1.29, 1.82) is 0 Å². The lowest BCUT2D eigenvalue weighted by Gasteiger charge is -2.28. The first-order valence-electron chi connectivity index (χ1n) is 9.87. The molecule has 1 fully saturated rings. The van der Waals surface area contributed by atoms with E-state index in [-0.39, 0.29) is 18.5 Å². The van der Waals surface area contributed by atoms with E-state index in [1.807, 2.05) is 0 Å². The summed E-state index contributed by atoms with van der Waals surface area (Å²) >= 11 is 6.03. The zero-order chi connectivity index (χ0) is 20.4. The first kappa shape index (κ1) is 19.7. The summed E-state index contributed by atoms with van der Waals surface area (Å²) in [6, 6.07) is 13.5. The van der Waals surface area contributed by atoms with Crippen LogP contribution < -0.4 is 11.1 Å². The quantitative estimate of drug-likeness (QED) is 0.671. The number of fused-ring (bicyclic) bond motifs is 1. The number of halogens is 1. The molecule has 1 aliphatic rings. The maximum atomic E-state index is 12.6. The standard InChI is InChI=1S/C22H24ClN3O3/c1-15-4-6-16(7-5-15)19(25-10-2-3-11-25)13-24-21(27)14-26-18-12-17(23)8-9-20(18)29-22(26)28/h4-9,12,19H,2-3,10-11,13-14H2,1H3,(H,24,27)/t19-/m0/s1. The van der Waals surface area contributed by atoms with Crippen molar-refractivity contribution in [2.75, 3.05) is 19.6 Å². The number of nitrogens with zero attached hydrogens (tertiary/aromatic N) is 2. The van der Waals surface area contributed by atoms with Gasteiger partial charge in [0.15, 0.2) is 5.58 Å². The topological polar surface area (TPSA) is 67.5 Å². The van der Waals surface area contributed by atoms with E-state index < -0.39 is 5.76 Å². The van der Waals surface area contributed by atoms with Crippen molar-refractivity contribution < 1.29 is 9.21 Å². The van der Waals surface area contributed by atoms with Crippen LogP contribution in [0.15, 0.2) is 51.7 Å². The van der Waals surface area contributed by atoms with Crippen LogP contribution in [-0.4, -0.2) is 35.0 Å². The van der Waals surface area contributed by atoms with E-state index in [0.29, 0.717) is 22.7 Å². The van der Waals surface area contributed by atoms with Crippen LogP contribution in [0.2, 0.25) is 5.02 Å². The first-order chi connectivity index (χ1) is 14.0. The van der Waals surface area contributed by atoms with E-state index >= 15 is 0 Å². The molecule has 1 amide bonds. The number of hydrogen-bond acceptors (Lipinski definition) is 4. The zero-order valence-corrected chi connectivity index (χ0v) is 17.1. The SMILES string of the molecule is Cc1ccc([C@H](CNC(=O)Cn2c(=O)oc3ccc(Cl)cc32)N2CCCC2)cc1. The number of benzene rings is 2. The highest BCUT2D eigenvalue weighted by Gasteiger charge is 2.24. The second-order valence-electron chi connectivity index (χ2n) is 7.54. The summed E-state index contributed by atoms with van der Waals surface area (Å²) in [5.74, 6) is -0.793. The highest BCUT2D eigenvalue weighted by Crippen LogP contribution is 2.25. The third-order valence-corrected chi connectivity index (χ3v) is 5.70. The van der Waals surface area contributed by atoms with Gasteiger partial charge in [-0.2, -0.15) is 0 Å². The maximum absolute atomic E-state index is 12.6. The summed E-state index contributed by atoms with van der Waals surface area (Å²) in [5, 5.41) is 3.49. The molecule has 152 valence electrons. The summed E-state index contributed by atoms with van der Waals surface area (Å²) in [7, 11) is 0. The van der Waals surface area contributed by atoms with Gasteiger partial charge < -0.3 is 9.73 Å². The van der Waals surface area contributed by atoms with Gasteiger partial charge in [0.25, 0.3) is 0 Å². The van der Waals surface area contributed by atoms with Crippen molar-refractivity contribution in [3.8, 4) is 0 Å². The molecule has 1 N–H and O–H groups in total. The molecule has 1 atom stereocenters. The third-order valence-electron chi connectivity index (χ3n) is 5.47. The number of carbonyl (C=O) groups excluding carboxylic acids is 1. The average Bonchev–Trinajstić information content (AvgIpc) is 3.33. The van der Waals surface area contributed by atoms with Crippen LogP contribution in [0.5, 0.6) is 0 Å². The lowest BCUT2D eigenvalue weighted by atomic mass is 10.0. The van der Waals surface area contributed by atoms with Crippen LogP contribution in [0, 0.1) is 6.92 Å². The molecule has 6 nitrogen and oxygen atoms in total. The highest BCUT2D eigenvalue weighted by atomic mass is 35.5. The smallest absolute Gasteiger partial charge is 0.408 e. The van der Waals surface area contributed by atoms with E-state index in [4.69, 9.17) is 16.0 Å². The molecule has 29 heavy (non-hydrogen) atoms. The molecule has 7 heteroatoms. The summed E-state index contributed by atoms with van der Waals surface area (Å²) in [6.45, 7) is 4.51. The van der Waals surface area contributed by atoms with Crippen molar-refractivity contribution in [2.24, 2.45) is 0 Å². The van der Waals surface area contributed by atoms with E-state index in [9.17, 15) is 9.59 Å². The van der Waals surface area contributed by atoms with Crippen LogP contribution in [0.1, 0.15) is 30.0 Å². The van der Waals surface area contributed by atoms with Crippen molar-refractivity contribution in [1.82, 2.24) is 14.8 Å². The molecule has 1 aromatic heterocycles. The predicted octanol–water partition coefficient (Wildman–Crippen LogP) is 3.51. The van der Waals surface area contributed by atoms with Gasteiger partial charge >= 0.3 is 5.76 Å². The Labute approximate surface area is 174 Å². The maximum Gasteiger partial charge on any atom is 0.420 e. The molecule has 0 aliphatic carbocycles. The number of hydrogen-bond donors (Lipinski definition) is 1. The molecule has 0 bridgehead atoms. The van der Waals surface area contributed by atoms with Gasteiger partial charge in [0.2, 0.25) is 5.91 Å². The minimum Gasteiger partial charge on any atom is -0.408 e. The highest BCUT2D eigenvalue weighted by molar-refractivity contribution is 6.31. The van der Waals surface area contributed by atoms with Crippen LogP contribution in [0.25, 0.3) is 11.1 Å². The summed E-state index contributed by atoms with van der Waals surface area (Å²) in [6.07, 6.45) is 2.35. The fourth-order valence-corrected chi connectivity index (χ4v) is 4.06. The molecule has 0 saturated carbocycles. The average molecular weight is 414 g/mol. The molecule has 0 spiro atoms. The number of amides is 1. The van der Waals surface area contributed by atoms with Gasteiger partial charge in [-0.25, -0.2) is 4.79 Å². The number of likely N-dealkylation sites (tertiary alicyclic amines) is 1. The van der Waals surface area contributed by atoms with Gasteiger partial charge in [-0.1, -0.05) is 41.4 Å². The van der Waals surface area contributed by atoms with Crippen molar-refractivity contribution >= 4 is 28.6 Å². The number of aryl methyl sites for hydroxylation is 1. The molecule has 2 aromatic carbocycles. The Morgan fingerprint density at radius 2 is 1.90 bits per heavy atom. The van der Waals surface area contributed by atoms with Gasteiger partial charge in [0.1, 0.15) is 6.54 Å². The molecule has 0 unspecified atom stereocenters. The number of carbonyl (C=O) groups is 1. The van der Waals surface area contributed by atoms with Gasteiger partial charge in [-0.05, 0) is 56.6 Å². The monoisotopic (exact) mass is 413 g/mol. The lowest BCUT2D eigenvalue weighted by molar-refractivity contribution is -0.121. The van der Waals surface area contributed by atoms with E-state index in [1.165, 1.54) is 28.5 Å². The Bertz CT molecular complexity index is 1070. The van der Waals surface area contributed by atoms with Crippen LogP contribution in [0.4, 0.5) is 0 Å². The Morgan fingerprint density at radius 3 is 2.62 bits per heavy atom. The molecular formula is C22H24ClN3O3. The van der Waals surface area contributed by atoms with Crippen molar-refractivity contribution in [2.45, 2.75) is 32.4 Å². The van der Waals surface area contributed by atoms with Crippen molar-refractivity contribution in [3.05, 3.63) is 69.2 Å². The Morgan fingerprint density at radius 1 is 1.17 bits per heavy atom. The molecule has 2 heterocycles. The largest absolute Gasteiger partial charge is 0.420 e. The summed E-state index contributed by atoms with van der Waals surface area (Å²) < 4.78 is 6.52. The van der Waals surface area contributed by atoms with Gasteiger partial charge in [0, 0.05) is 11.6 Å². The first-order valence-corrected chi connectivity index (χ1v) is 10.3. The Balaban J connectivity index is 1.48. The zero-order valence-electron chi connectivity index (χ0n) is 16.4. The molecule has 4 rings (SSSR count). The molecule has 1 saturated heterocycles. The fourth-order valence-electron chi connectivity index (χ4n) is 3.89. The second kappa shape index (κ2) is 8.43. The van der Waals surface area contributed by atoms with Crippen LogP contribution in [0.3, 0.4) is 0 Å². The molecule has 0 radical (unpaired) electrons. The fraction of sp³-hybridized carbons (Fsp3) is 0.364. The number of rotatable bonds is 6. The minimum atomic E-state index is -0.563. The number of oxazole rings is 1. The van der Waals surface area contributed by atoms with Crippen LogP contribution >= 0.6 is 11.6 Å². The third kappa shape index (κ3) is 4.38. The predicted molar refractivity (Wildman–Crippen MR) is 113 cm³/mol. The lowest BCUT2D eigenvalue weighted by Crippen LogP contribution is -2.38. The van der Waals surface area contributed by atoms with E-state index in [2.05, 4.69) is 41.4 Å². The minimum absolute atomic E-state index is 0.104. The van der Waals surface area contributed by atoms with Gasteiger partial charge in [0.05, 0.1) is 11.6 Å². The summed E-state index contributed by atoms with van der Waals surface area (Å²) in [4.78, 5) is 27.2. The van der Waals surface area contributed by atoms with Crippen LogP contribution in [-0.2, 0) is 11.3 Å². The molecular weight excluding hydrogens is 390 g/mol. The van der Waals surface area contributed by atoms with E-state index in [0.717, 1.165) is 13.1 Å². The number of nitrogens with one attached hydrogen (secondary N) is 1. The van der Waals surface area contributed by atoms with E-state index in [1.54, 1.807) is 18.2 Å². The second-order valence-corrected chi connectivity index (χ2v) is 7.98. The molecule has 3 aromatic rings. The van der Waals surface area contributed by atoms with Gasteiger partial charge in [-0.3, -0.25) is 14.3 Å². The molecule has 1 aliphatic heterocycles. The summed E-state index contributed by atoms with van der Waals surface area (Å²) in [5.41, 5.74) is 3.34. The normalized spacial score (nSPS) is 15.7. The van der Waals surface area contributed by atoms with Crippen molar-refractivity contribution in [3.63, 3.8) is 0 Å². The Hall–Kier alpha value is -2.57. The Kier molecular flexibility index (Phi) is 5.74.